The fraction of sp³-hybridized carbons (Fsp3) is 0.214. The van der Waals surface area contributed by atoms with Gasteiger partial charge in [-0.2, -0.15) is 4.31 Å². The molecule has 0 unspecified atom stereocenters. The van der Waals surface area contributed by atoms with E-state index in [9.17, 15) is 13.6 Å². The first-order valence-electron chi connectivity index (χ1n) is 12.9. The number of thiazole rings is 1. The highest BCUT2D eigenvalue weighted by molar-refractivity contribution is 7.89. The van der Waals surface area contributed by atoms with Gasteiger partial charge in [0.1, 0.15) is 5.69 Å². The van der Waals surface area contributed by atoms with Crippen LogP contribution >= 0.6 is 22.9 Å². The normalized spacial score (nSPS) is 16.7. The number of fused-ring (bicyclic) bond motifs is 1. The van der Waals surface area contributed by atoms with Crippen molar-refractivity contribution in [2.75, 3.05) is 18.4 Å². The molecule has 5 aromatic rings. The van der Waals surface area contributed by atoms with Crippen molar-refractivity contribution in [3.8, 4) is 22.6 Å². The van der Waals surface area contributed by atoms with Crippen molar-refractivity contribution in [3.05, 3.63) is 83.0 Å². The minimum atomic E-state index is -3.65. The van der Waals surface area contributed by atoms with Crippen molar-refractivity contribution in [2.45, 2.75) is 30.7 Å². The number of halogens is 1. The molecule has 1 aliphatic rings. The van der Waals surface area contributed by atoms with Crippen LogP contribution in [0.5, 0.6) is 0 Å². The number of aromatic nitrogens is 4. The van der Waals surface area contributed by atoms with Crippen LogP contribution in [0.1, 0.15) is 25.3 Å². The van der Waals surface area contributed by atoms with E-state index >= 15 is 0 Å². The molecule has 1 aliphatic heterocycles. The molecule has 210 valence electrons. The van der Waals surface area contributed by atoms with Crippen LogP contribution in [-0.4, -0.2) is 62.1 Å². The largest absolute Gasteiger partial charge is 0.411 e. The summed E-state index contributed by atoms with van der Waals surface area (Å²) in [5, 5.41) is 18.4. The third-order valence-corrected chi connectivity index (χ3v) is 9.92. The number of nitrogens with zero attached hydrogens (tertiary/aromatic N) is 6. The van der Waals surface area contributed by atoms with E-state index in [1.54, 1.807) is 25.3 Å². The number of sulfonamides is 1. The molecular weight excluding hydrogens is 582 g/mol. The molecule has 2 aromatic carbocycles. The van der Waals surface area contributed by atoms with Gasteiger partial charge in [0.25, 0.3) is 0 Å². The highest BCUT2D eigenvalue weighted by Gasteiger charge is 2.30. The van der Waals surface area contributed by atoms with E-state index in [2.05, 4.69) is 15.5 Å². The zero-order chi connectivity index (χ0) is 28.6. The van der Waals surface area contributed by atoms with E-state index in [1.807, 2.05) is 46.3 Å². The highest BCUT2D eigenvalue weighted by atomic mass is 35.5. The highest BCUT2D eigenvalue weighted by Crippen LogP contribution is 2.34. The van der Waals surface area contributed by atoms with Crippen molar-refractivity contribution >= 4 is 49.6 Å². The summed E-state index contributed by atoms with van der Waals surface area (Å²) in [6, 6.07) is 15.6. The average molecular weight is 608 g/mol. The third-order valence-electron chi connectivity index (χ3n) is 7.03. The van der Waals surface area contributed by atoms with E-state index in [0.717, 1.165) is 33.9 Å². The van der Waals surface area contributed by atoms with Crippen molar-refractivity contribution in [2.24, 2.45) is 5.16 Å². The van der Waals surface area contributed by atoms with Gasteiger partial charge in [0.2, 0.25) is 16.0 Å². The summed E-state index contributed by atoms with van der Waals surface area (Å²) in [5.41, 5.74) is 4.36. The number of piperidine rings is 1. The lowest BCUT2D eigenvalue weighted by Gasteiger charge is -2.32. The zero-order valence-corrected chi connectivity index (χ0v) is 24.4. The Labute approximate surface area is 246 Å². The van der Waals surface area contributed by atoms with Gasteiger partial charge in [0.05, 0.1) is 22.0 Å². The number of oxime groups is 1. The molecule has 3 aromatic heterocycles. The van der Waals surface area contributed by atoms with Crippen LogP contribution in [0.4, 0.5) is 5.95 Å². The summed E-state index contributed by atoms with van der Waals surface area (Å²) in [7, 11) is -3.65. The zero-order valence-electron chi connectivity index (χ0n) is 22.0. The quantitative estimate of drug-likeness (QED) is 0.139. The van der Waals surface area contributed by atoms with E-state index in [-0.39, 0.29) is 10.9 Å². The molecule has 0 radical (unpaired) electrons. The molecule has 6 rings (SSSR count). The summed E-state index contributed by atoms with van der Waals surface area (Å²) in [5.74, 6) is 0.409. The number of nitrogens with one attached hydrogen (secondary N) is 1. The van der Waals surface area contributed by atoms with Crippen molar-refractivity contribution in [1.82, 2.24) is 23.7 Å². The molecule has 10 nitrogen and oxygen atoms in total. The predicted octanol–water partition coefficient (Wildman–Crippen LogP) is 5.64. The van der Waals surface area contributed by atoms with Gasteiger partial charge in [-0.1, -0.05) is 35.0 Å². The Balaban J connectivity index is 1.29. The number of imidazole rings is 1. The Morgan fingerprint density at radius 3 is 2.80 bits per heavy atom. The maximum absolute atomic E-state index is 13.3. The molecule has 0 bridgehead atoms. The number of benzene rings is 2. The molecule has 1 atom stereocenters. The number of anilines is 1. The van der Waals surface area contributed by atoms with Crippen LogP contribution < -0.4 is 5.32 Å². The molecule has 0 saturated carbocycles. The molecule has 1 fully saturated rings. The Hall–Kier alpha value is -3.84. The molecule has 4 heterocycles. The lowest BCUT2D eigenvalue weighted by Crippen LogP contribution is -2.45. The number of hydrogen-bond acceptors (Lipinski definition) is 9. The van der Waals surface area contributed by atoms with Gasteiger partial charge in [-0.15, -0.1) is 11.3 Å². The molecular formula is C28H26ClN7O3S2. The second-order valence-corrected chi connectivity index (χ2v) is 12.9. The van der Waals surface area contributed by atoms with Gasteiger partial charge in [0, 0.05) is 47.5 Å². The Kier molecular flexibility index (Phi) is 7.47. The van der Waals surface area contributed by atoms with Crippen LogP contribution in [0, 0.1) is 0 Å². The molecule has 1 saturated heterocycles. The first-order chi connectivity index (χ1) is 19.8. The molecule has 41 heavy (non-hydrogen) atoms. The van der Waals surface area contributed by atoms with Crippen molar-refractivity contribution < 1.29 is 13.6 Å². The van der Waals surface area contributed by atoms with Crippen molar-refractivity contribution in [1.29, 1.82) is 0 Å². The van der Waals surface area contributed by atoms with Crippen molar-refractivity contribution in [3.63, 3.8) is 0 Å². The Bertz CT molecular complexity index is 1850. The standard InChI is InChI=1S/C28H26ClN7O3S2/c1-18(34-37)19-4-2-5-20(16-19)25-26(36-14-15-40-28(36)33-25)24-11-12-30-27(32-24)31-22-6-3-13-35(17-22)41(38,39)23-9-7-21(29)8-10-23/h2,4-5,7-12,14-16,22,37H,3,6,13,17H2,1H3,(H,30,31,32)/b34-18-/t22-/m1/s1. The van der Waals surface area contributed by atoms with E-state index < -0.39 is 10.0 Å². The summed E-state index contributed by atoms with van der Waals surface area (Å²) < 4.78 is 30.0. The van der Waals surface area contributed by atoms with E-state index in [0.29, 0.717) is 41.9 Å². The summed E-state index contributed by atoms with van der Waals surface area (Å²) in [6.07, 6.45) is 5.13. The number of hydrogen-bond donors (Lipinski definition) is 2. The Morgan fingerprint density at radius 1 is 1.17 bits per heavy atom. The minimum Gasteiger partial charge on any atom is -0.411 e. The molecule has 0 aliphatic carbocycles. The molecule has 13 heteroatoms. The second-order valence-electron chi connectivity index (χ2n) is 9.70. The fourth-order valence-corrected chi connectivity index (χ4v) is 7.32. The molecule has 0 amide bonds. The third kappa shape index (κ3) is 5.43. The topological polar surface area (TPSA) is 125 Å². The maximum Gasteiger partial charge on any atom is 0.243 e. The monoisotopic (exact) mass is 607 g/mol. The van der Waals surface area contributed by atoms with Crippen LogP contribution in [0.3, 0.4) is 0 Å². The van der Waals surface area contributed by atoms with Gasteiger partial charge >= 0.3 is 0 Å². The second kappa shape index (κ2) is 11.2. The summed E-state index contributed by atoms with van der Waals surface area (Å²) in [6.45, 7) is 2.48. The van der Waals surface area contributed by atoms with Gasteiger partial charge in [-0.05, 0) is 61.7 Å². The lowest BCUT2D eigenvalue weighted by molar-refractivity contribution is 0.319. The minimum absolute atomic E-state index is 0.162. The molecule has 0 spiro atoms. The van der Waals surface area contributed by atoms with Gasteiger partial charge in [-0.25, -0.2) is 23.4 Å². The van der Waals surface area contributed by atoms with Gasteiger partial charge in [-0.3, -0.25) is 4.40 Å². The summed E-state index contributed by atoms with van der Waals surface area (Å²) >= 11 is 7.48. The van der Waals surface area contributed by atoms with E-state index in [4.69, 9.17) is 21.6 Å². The van der Waals surface area contributed by atoms with Crippen LogP contribution in [-0.2, 0) is 10.0 Å². The SMILES string of the molecule is C/C(=N/O)c1cccc(-c2nc3sccn3c2-c2ccnc(N[C@@H]3CCCN(S(=O)(=O)c4ccc(Cl)cc4)C3)n2)c1. The number of rotatable bonds is 7. The Morgan fingerprint density at radius 2 is 2.00 bits per heavy atom. The molecule has 2 N–H and O–H groups in total. The van der Waals surface area contributed by atoms with E-state index in [1.165, 1.54) is 27.8 Å². The predicted molar refractivity (Wildman–Crippen MR) is 160 cm³/mol. The van der Waals surface area contributed by atoms with Crippen LogP contribution in [0.25, 0.3) is 27.6 Å². The maximum atomic E-state index is 13.3. The first kappa shape index (κ1) is 27.3. The van der Waals surface area contributed by atoms with Gasteiger partial charge in [0.15, 0.2) is 4.96 Å². The fourth-order valence-electron chi connectivity index (χ4n) is 4.96. The smallest absolute Gasteiger partial charge is 0.243 e. The summed E-state index contributed by atoms with van der Waals surface area (Å²) in [4.78, 5) is 15.2. The van der Waals surface area contributed by atoms with Crippen LogP contribution in [0.2, 0.25) is 5.02 Å². The average Bonchev–Trinajstić information content (AvgIpc) is 3.59. The first-order valence-corrected chi connectivity index (χ1v) is 15.6. The van der Waals surface area contributed by atoms with Crippen LogP contribution in [0.15, 0.2) is 82.4 Å². The van der Waals surface area contributed by atoms with Gasteiger partial charge < -0.3 is 10.5 Å². The lowest BCUT2D eigenvalue weighted by atomic mass is 10.0.